The van der Waals surface area contributed by atoms with Crippen molar-refractivity contribution in [1.82, 2.24) is 14.9 Å². The van der Waals surface area contributed by atoms with Crippen molar-refractivity contribution >= 4 is 16.9 Å². The van der Waals surface area contributed by atoms with Gasteiger partial charge in [-0.3, -0.25) is 4.79 Å². The predicted molar refractivity (Wildman–Crippen MR) is 91.2 cm³/mol. The Bertz CT molecular complexity index is 654. The minimum atomic E-state index is 0.371. The highest BCUT2D eigenvalue weighted by molar-refractivity contribution is 5.77. The number of carbonyl (C=O) groups is 1. The van der Waals surface area contributed by atoms with Crippen molar-refractivity contribution in [2.45, 2.75) is 50.9 Å². The lowest BCUT2D eigenvalue weighted by Gasteiger charge is -2.33. The number of aromatic nitrogens is 2. The normalized spacial score (nSPS) is 22.8. The molecule has 4 nitrogen and oxygen atoms in total. The smallest absolute Gasteiger partial charge is 0.222 e. The molecule has 1 N–H and O–H groups in total. The van der Waals surface area contributed by atoms with Gasteiger partial charge in [-0.1, -0.05) is 12.8 Å². The molecule has 2 aromatic rings. The standard InChI is InChI=1S/C19H25N3O/c23-18(11-14-5-1-2-6-14)22-10-4-8-16(13-22)17-12-15-7-3-9-20-19(15)21-17/h3,7,9,12,14,16H,1-2,4-6,8,10-11,13H2,(H,20,21)/t16-/m0/s1. The van der Waals surface area contributed by atoms with Crippen LogP contribution in [0.15, 0.2) is 24.4 Å². The number of nitrogens with one attached hydrogen (secondary N) is 1. The van der Waals surface area contributed by atoms with Gasteiger partial charge in [0.25, 0.3) is 0 Å². The fraction of sp³-hybridized carbons (Fsp3) is 0.579. The average Bonchev–Trinajstić information content (AvgIpc) is 3.24. The number of nitrogens with zero attached hydrogens (tertiary/aromatic N) is 2. The molecule has 0 unspecified atom stereocenters. The van der Waals surface area contributed by atoms with E-state index in [0.29, 0.717) is 17.7 Å². The van der Waals surface area contributed by atoms with Gasteiger partial charge < -0.3 is 9.88 Å². The molecule has 0 bridgehead atoms. The highest BCUT2D eigenvalue weighted by Crippen LogP contribution is 2.31. The average molecular weight is 311 g/mol. The number of amides is 1. The van der Waals surface area contributed by atoms with E-state index in [9.17, 15) is 4.79 Å². The summed E-state index contributed by atoms with van der Waals surface area (Å²) >= 11 is 0. The summed E-state index contributed by atoms with van der Waals surface area (Å²) in [6.07, 6.45) is 9.95. The first-order valence-electron chi connectivity index (χ1n) is 9.01. The van der Waals surface area contributed by atoms with E-state index in [0.717, 1.165) is 43.4 Å². The number of pyridine rings is 1. The molecule has 1 amide bonds. The first-order chi connectivity index (χ1) is 11.3. The van der Waals surface area contributed by atoms with Crippen molar-refractivity contribution in [3.8, 4) is 0 Å². The van der Waals surface area contributed by atoms with Gasteiger partial charge in [-0.05, 0) is 49.8 Å². The Balaban J connectivity index is 1.44. The molecule has 23 heavy (non-hydrogen) atoms. The lowest BCUT2D eigenvalue weighted by atomic mass is 9.93. The zero-order valence-electron chi connectivity index (χ0n) is 13.6. The van der Waals surface area contributed by atoms with E-state index in [4.69, 9.17) is 0 Å². The number of hydrogen-bond donors (Lipinski definition) is 1. The molecule has 1 aliphatic carbocycles. The number of aromatic amines is 1. The van der Waals surface area contributed by atoms with Gasteiger partial charge in [0.2, 0.25) is 5.91 Å². The van der Waals surface area contributed by atoms with Crippen LogP contribution >= 0.6 is 0 Å². The molecule has 1 atom stereocenters. The SMILES string of the molecule is O=C(CC1CCCC1)N1CCC[C@H](c2cc3cccnc3[nH]2)C1. The molecule has 1 saturated carbocycles. The molecule has 4 rings (SSSR count). The molecule has 122 valence electrons. The fourth-order valence-electron chi connectivity index (χ4n) is 4.25. The number of likely N-dealkylation sites (tertiary alicyclic amines) is 1. The lowest BCUT2D eigenvalue weighted by molar-refractivity contribution is -0.133. The maximum absolute atomic E-state index is 12.6. The third-order valence-electron chi connectivity index (χ3n) is 5.56. The molecule has 0 radical (unpaired) electrons. The Kier molecular flexibility index (Phi) is 4.06. The molecule has 0 aromatic carbocycles. The summed E-state index contributed by atoms with van der Waals surface area (Å²) in [5.41, 5.74) is 2.19. The van der Waals surface area contributed by atoms with Gasteiger partial charge in [-0.2, -0.15) is 0 Å². The van der Waals surface area contributed by atoms with Crippen LogP contribution in [-0.2, 0) is 4.79 Å². The van der Waals surface area contributed by atoms with Crippen LogP contribution < -0.4 is 0 Å². The first kappa shape index (κ1) is 14.7. The van der Waals surface area contributed by atoms with Gasteiger partial charge in [0, 0.05) is 42.7 Å². The number of hydrogen-bond acceptors (Lipinski definition) is 2. The maximum Gasteiger partial charge on any atom is 0.222 e. The zero-order chi connectivity index (χ0) is 15.6. The topological polar surface area (TPSA) is 49.0 Å². The van der Waals surface area contributed by atoms with Crippen LogP contribution in [0.2, 0.25) is 0 Å². The van der Waals surface area contributed by atoms with Crippen LogP contribution in [0, 0.1) is 5.92 Å². The number of carbonyl (C=O) groups excluding carboxylic acids is 1. The summed E-state index contributed by atoms with van der Waals surface area (Å²) in [5.74, 6) is 1.43. The van der Waals surface area contributed by atoms with Crippen molar-refractivity contribution in [3.05, 3.63) is 30.1 Å². The monoisotopic (exact) mass is 311 g/mol. The summed E-state index contributed by atoms with van der Waals surface area (Å²) in [6, 6.07) is 6.27. The summed E-state index contributed by atoms with van der Waals surface area (Å²) < 4.78 is 0. The van der Waals surface area contributed by atoms with Crippen LogP contribution in [0.4, 0.5) is 0 Å². The van der Waals surface area contributed by atoms with Crippen molar-refractivity contribution in [2.75, 3.05) is 13.1 Å². The summed E-state index contributed by atoms with van der Waals surface area (Å²) in [6.45, 7) is 1.79. The number of rotatable bonds is 3. The molecule has 2 aromatic heterocycles. The largest absolute Gasteiger partial charge is 0.343 e. The van der Waals surface area contributed by atoms with E-state index in [1.165, 1.54) is 31.4 Å². The van der Waals surface area contributed by atoms with Gasteiger partial charge in [0.1, 0.15) is 5.65 Å². The summed E-state index contributed by atoms with van der Waals surface area (Å²) in [7, 11) is 0. The summed E-state index contributed by atoms with van der Waals surface area (Å²) in [5, 5.41) is 1.16. The van der Waals surface area contributed by atoms with E-state index in [1.54, 1.807) is 0 Å². The van der Waals surface area contributed by atoms with Crippen LogP contribution in [0.25, 0.3) is 11.0 Å². The van der Waals surface area contributed by atoms with E-state index < -0.39 is 0 Å². The number of piperidine rings is 1. The lowest BCUT2D eigenvalue weighted by Crippen LogP contribution is -2.39. The van der Waals surface area contributed by atoms with Gasteiger partial charge in [0.15, 0.2) is 0 Å². The minimum Gasteiger partial charge on any atom is -0.343 e. The van der Waals surface area contributed by atoms with E-state index in [1.807, 2.05) is 12.3 Å². The highest BCUT2D eigenvalue weighted by Gasteiger charge is 2.28. The highest BCUT2D eigenvalue weighted by atomic mass is 16.2. The maximum atomic E-state index is 12.6. The van der Waals surface area contributed by atoms with E-state index >= 15 is 0 Å². The predicted octanol–water partition coefficient (Wildman–Crippen LogP) is 3.85. The molecule has 2 aliphatic rings. The Morgan fingerprint density at radius 2 is 2.13 bits per heavy atom. The third-order valence-corrected chi connectivity index (χ3v) is 5.56. The number of H-pyrrole nitrogens is 1. The second kappa shape index (κ2) is 6.34. The Labute approximate surface area is 137 Å². The molecule has 2 fully saturated rings. The van der Waals surface area contributed by atoms with Gasteiger partial charge in [-0.25, -0.2) is 4.98 Å². The van der Waals surface area contributed by atoms with Crippen molar-refractivity contribution in [2.24, 2.45) is 5.92 Å². The zero-order valence-corrected chi connectivity index (χ0v) is 13.6. The van der Waals surface area contributed by atoms with Crippen molar-refractivity contribution in [3.63, 3.8) is 0 Å². The molecule has 0 spiro atoms. The van der Waals surface area contributed by atoms with Crippen LogP contribution in [-0.4, -0.2) is 33.9 Å². The molecule has 1 saturated heterocycles. The third kappa shape index (κ3) is 3.12. The Morgan fingerprint density at radius 3 is 2.96 bits per heavy atom. The van der Waals surface area contributed by atoms with E-state index in [-0.39, 0.29) is 0 Å². The first-order valence-corrected chi connectivity index (χ1v) is 9.01. The van der Waals surface area contributed by atoms with Crippen LogP contribution in [0.5, 0.6) is 0 Å². The second-order valence-corrected chi connectivity index (χ2v) is 7.20. The second-order valence-electron chi connectivity index (χ2n) is 7.20. The van der Waals surface area contributed by atoms with Crippen molar-refractivity contribution < 1.29 is 4.79 Å². The summed E-state index contributed by atoms with van der Waals surface area (Å²) in [4.78, 5) is 22.5. The Hall–Kier alpha value is -1.84. The molecule has 4 heteroatoms. The van der Waals surface area contributed by atoms with Gasteiger partial charge in [0.05, 0.1) is 0 Å². The molecular weight excluding hydrogens is 286 g/mol. The van der Waals surface area contributed by atoms with Crippen LogP contribution in [0.1, 0.15) is 56.6 Å². The molecular formula is C19H25N3O. The number of fused-ring (bicyclic) bond motifs is 1. The minimum absolute atomic E-state index is 0.371. The fourth-order valence-corrected chi connectivity index (χ4v) is 4.25. The van der Waals surface area contributed by atoms with Crippen molar-refractivity contribution in [1.29, 1.82) is 0 Å². The van der Waals surface area contributed by atoms with E-state index in [2.05, 4.69) is 27.0 Å². The quantitative estimate of drug-likeness (QED) is 0.936. The molecule has 1 aliphatic heterocycles. The van der Waals surface area contributed by atoms with Crippen LogP contribution in [0.3, 0.4) is 0 Å². The Morgan fingerprint density at radius 1 is 1.26 bits per heavy atom. The van der Waals surface area contributed by atoms with Gasteiger partial charge in [-0.15, -0.1) is 0 Å². The van der Waals surface area contributed by atoms with Gasteiger partial charge >= 0.3 is 0 Å². The molecule has 3 heterocycles.